The van der Waals surface area contributed by atoms with Crippen molar-refractivity contribution < 1.29 is 4.79 Å². The van der Waals surface area contributed by atoms with E-state index in [-0.39, 0.29) is 5.91 Å². The molecule has 0 radical (unpaired) electrons. The Morgan fingerprint density at radius 2 is 1.63 bits per heavy atom. The second kappa shape index (κ2) is 10.1. The number of hydrogen-bond acceptors (Lipinski definition) is 3. The minimum Gasteiger partial charge on any atom is -0.342 e. The van der Waals surface area contributed by atoms with Crippen LogP contribution >= 0.6 is 0 Å². The van der Waals surface area contributed by atoms with Gasteiger partial charge in [-0.15, -0.1) is 0 Å². The summed E-state index contributed by atoms with van der Waals surface area (Å²) in [4.78, 5) is 18.1. The molecule has 38 heavy (non-hydrogen) atoms. The van der Waals surface area contributed by atoms with Crippen molar-refractivity contribution in [1.82, 2.24) is 15.0 Å². The van der Waals surface area contributed by atoms with Crippen molar-refractivity contribution in [3.05, 3.63) is 138 Å². The van der Waals surface area contributed by atoms with Gasteiger partial charge in [-0.25, -0.2) is 10.4 Å². The summed E-state index contributed by atoms with van der Waals surface area (Å²) >= 11 is 0. The Labute approximate surface area is 221 Å². The number of carbonyl (C=O) groups is 1. The third-order valence-electron chi connectivity index (χ3n) is 6.65. The zero-order chi connectivity index (χ0) is 25.9. The van der Waals surface area contributed by atoms with Gasteiger partial charge in [0.15, 0.2) is 0 Å². The summed E-state index contributed by atoms with van der Waals surface area (Å²) in [6.07, 6.45) is 3.80. The highest BCUT2D eigenvalue weighted by atomic mass is 16.2. The molecule has 0 aliphatic rings. The molecule has 0 bridgehead atoms. The van der Waals surface area contributed by atoms with Gasteiger partial charge in [0.1, 0.15) is 0 Å². The maximum Gasteiger partial charge on any atom is 0.272 e. The number of carbonyl (C=O) groups excluding carboxylic acids is 1. The minimum absolute atomic E-state index is 0.277. The Morgan fingerprint density at radius 3 is 2.47 bits per heavy atom. The van der Waals surface area contributed by atoms with Gasteiger partial charge in [0, 0.05) is 40.2 Å². The highest BCUT2D eigenvalue weighted by Crippen LogP contribution is 2.25. The molecule has 4 aromatic carbocycles. The van der Waals surface area contributed by atoms with E-state index in [0.717, 1.165) is 45.2 Å². The van der Waals surface area contributed by atoms with Crippen molar-refractivity contribution in [2.75, 3.05) is 0 Å². The number of aromatic nitrogens is 2. The van der Waals surface area contributed by atoms with E-state index in [1.165, 1.54) is 11.1 Å². The van der Waals surface area contributed by atoms with Gasteiger partial charge in [0.2, 0.25) is 0 Å². The number of rotatable bonds is 6. The van der Waals surface area contributed by atoms with Crippen LogP contribution in [-0.2, 0) is 6.54 Å². The van der Waals surface area contributed by atoms with Crippen LogP contribution in [0, 0.1) is 6.92 Å². The van der Waals surface area contributed by atoms with Gasteiger partial charge >= 0.3 is 0 Å². The number of hydrazone groups is 1. The number of fused-ring (bicyclic) bond motifs is 2. The first kappa shape index (κ1) is 23.4. The number of aryl methyl sites for hydroxylation is 1. The molecule has 0 saturated carbocycles. The molecule has 0 fully saturated rings. The van der Waals surface area contributed by atoms with Gasteiger partial charge in [0.05, 0.1) is 23.0 Å². The van der Waals surface area contributed by atoms with Gasteiger partial charge in [-0.05, 0) is 30.7 Å². The normalized spacial score (nSPS) is 11.4. The Kier molecular flexibility index (Phi) is 6.24. The summed E-state index contributed by atoms with van der Waals surface area (Å²) < 4.78 is 2.22. The quantitative estimate of drug-likeness (QED) is 0.201. The summed E-state index contributed by atoms with van der Waals surface area (Å²) in [6, 6.07) is 36.1. The van der Waals surface area contributed by atoms with E-state index >= 15 is 0 Å². The predicted octanol–water partition coefficient (Wildman–Crippen LogP) is 6.98. The molecule has 0 unspecified atom stereocenters. The van der Waals surface area contributed by atoms with Crippen LogP contribution in [0.5, 0.6) is 0 Å². The molecule has 184 valence electrons. The zero-order valence-electron chi connectivity index (χ0n) is 21.0. The lowest BCUT2D eigenvalue weighted by Crippen LogP contribution is -2.18. The SMILES string of the molecule is Cc1cccc(Cn2cc(/C=N/NC(=O)c3cc(-c4ccccc4)nc4ccccc34)c3ccccc32)c1. The van der Waals surface area contributed by atoms with Gasteiger partial charge < -0.3 is 4.57 Å². The average Bonchev–Trinajstić information content (AvgIpc) is 3.30. The number of benzene rings is 4. The summed E-state index contributed by atoms with van der Waals surface area (Å²) in [5.74, 6) is -0.277. The number of amides is 1. The molecule has 1 amide bonds. The first-order valence-electron chi connectivity index (χ1n) is 12.6. The van der Waals surface area contributed by atoms with Crippen LogP contribution in [-0.4, -0.2) is 21.7 Å². The van der Waals surface area contributed by atoms with E-state index in [9.17, 15) is 4.79 Å². The Morgan fingerprint density at radius 1 is 0.868 bits per heavy atom. The lowest BCUT2D eigenvalue weighted by Gasteiger charge is -2.09. The standard InChI is InChI=1S/C33H26N4O/c1-23-10-9-11-24(18-23)21-37-22-26(27-14-6-8-17-32(27)37)20-34-36-33(38)29-19-31(25-12-3-2-4-13-25)35-30-16-7-5-15-28(29)30/h2-20,22H,21H2,1H3,(H,36,38)/b34-20+. The fourth-order valence-electron chi connectivity index (χ4n) is 4.86. The molecular formula is C33H26N4O. The molecule has 1 N–H and O–H groups in total. The van der Waals surface area contributed by atoms with Crippen LogP contribution < -0.4 is 5.43 Å². The van der Waals surface area contributed by atoms with Crippen LogP contribution in [0.15, 0.2) is 120 Å². The highest BCUT2D eigenvalue weighted by molar-refractivity contribution is 6.07. The molecule has 2 aromatic heterocycles. The van der Waals surface area contributed by atoms with Crippen molar-refractivity contribution in [2.45, 2.75) is 13.5 Å². The second-order valence-electron chi connectivity index (χ2n) is 9.36. The number of pyridine rings is 1. The number of nitrogens with one attached hydrogen (secondary N) is 1. The molecule has 0 aliphatic heterocycles. The smallest absolute Gasteiger partial charge is 0.272 e. The zero-order valence-corrected chi connectivity index (χ0v) is 21.0. The van der Waals surface area contributed by atoms with E-state index in [1.54, 1.807) is 6.21 Å². The predicted molar refractivity (Wildman–Crippen MR) is 154 cm³/mol. The Balaban J connectivity index is 1.30. The van der Waals surface area contributed by atoms with Crippen LogP contribution in [0.4, 0.5) is 0 Å². The third kappa shape index (κ3) is 4.70. The summed E-state index contributed by atoms with van der Waals surface area (Å²) in [7, 11) is 0. The van der Waals surface area contributed by atoms with Crippen LogP contribution in [0.3, 0.4) is 0 Å². The number of hydrogen-bond donors (Lipinski definition) is 1. The van der Waals surface area contributed by atoms with Crippen molar-refractivity contribution >= 4 is 33.9 Å². The second-order valence-corrected chi connectivity index (χ2v) is 9.36. The molecular weight excluding hydrogens is 468 g/mol. The maximum absolute atomic E-state index is 13.3. The topological polar surface area (TPSA) is 59.3 Å². The van der Waals surface area contributed by atoms with E-state index in [2.05, 4.69) is 64.6 Å². The fourth-order valence-corrected chi connectivity index (χ4v) is 4.86. The Bertz CT molecular complexity index is 1800. The van der Waals surface area contributed by atoms with E-state index in [1.807, 2.05) is 72.8 Å². The molecule has 0 saturated heterocycles. The lowest BCUT2D eigenvalue weighted by molar-refractivity contribution is 0.0956. The minimum atomic E-state index is -0.277. The van der Waals surface area contributed by atoms with Crippen LogP contribution in [0.25, 0.3) is 33.1 Å². The molecule has 6 aromatic rings. The fraction of sp³-hybridized carbons (Fsp3) is 0.0606. The van der Waals surface area contributed by atoms with Crippen LogP contribution in [0.2, 0.25) is 0 Å². The van der Waals surface area contributed by atoms with Gasteiger partial charge in [0.25, 0.3) is 5.91 Å². The molecule has 5 heteroatoms. The molecule has 2 heterocycles. The van der Waals surface area contributed by atoms with Crippen molar-refractivity contribution in [3.8, 4) is 11.3 Å². The van der Waals surface area contributed by atoms with Gasteiger partial charge in [-0.1, -0.05) is 96.6 Å². The first-order chi connectivity index (χ1) is 18.7. The van der Waals surface area contributed by atoms with Gasteiger partial charge in [-0.3, -0.25) is 4.79 Å². The molecule has 5 nitrogen and oxygen atoms in total. The number of nitrogens with zero attached hydrogens (tertiary/aromatic N) is 3. The average molecular weight is 495 g/mol. The number of para-hydroxylation sites is 2. The van der Waals surface area contributed by atoms with Crippen molar-refractivity contribution in [3.63, 3.8) is 0 Å². The maximum atomic E-state index is 13.3. The third-order valence-corrected chi connectivity index (χ3v) is 6.65. The molecule has 0 spiro atoms. The van der Waals surface area contributed by atoms with Crippen LogP contribution in [0.1, 0.15) is 27.0 Å². The monoisotopic (exact) mass is 494 g/mol. The summed E-state index contributed by atoms with van der Waals surface area (Å²) in [6.45, 7) is 2.86. The molecule has 6 rings (SSSR count). The van der Waals surface area contributed by atoms with E-state index < -0.39 is 0 Å². The Hall–Kier alpha value is -5.03. The highest BCUT2D eigenvalue weighted by Gasteiger charge is 2.14. The van der Waals surface area contributed by atoms with E-state index in [0.29, 0.717) is 5.56 Å². The largest absolute Gasteiger partial charge is 0.342 e. The first-order valence-corrected chi connectivity index (χ1v) is 12.6. The van der Waals surface area contributed by atoms with E-state index in [4.69, 9.17) is 4.98 Å². The summed E-state index contributed by atoms with van der Waals surface area (Å²) in [5.41, 5.74) is 10.3. The van der Waals surface area contributed by atoms with Crippen molar-refractivity contribution in [2.24, 2.45) is 5.10 Å². The van der Waals surface area contributed by atoms with Crippen molar-refractivity contribution in [1.29, 1.82) is 0 Å². The summed E-state index contributed by atoms with van der Waals surface area (Å²) in [5, 5.41) is 6.22. The molecule has 0 aliphatic carbocycles. The molecule has 0 atom stereocenters. The lowest BCUT2D eigenvalue weighted by atomic mass is 10.0. The van der Waals surface area contributed by atoms with Gasteiger partial charge in [-0.2, -0.15) is 5.10 Å².